The first-order valence-electron chi connectivity index (χ1n) is 7.87. The molecular formula is C17H21N6+. The molecule has 0 spiro atoms. The fraction of sp³-hybridized carbons (Fsp3) is 0.353. The molecule has 0 bridgehead atoms. The van der Waals surface area contributed by atoms with Crippen molar-refractivity contribution in [2.45, 2.75) is 6.92 Å². The molecule has 0 fully saturated rings. The van der Waals surface area contributed by atoms with Crippen LogP contribution in [-0.4, -0.2) is 56.4 Å². The number of likely N-dealkylation sites (N-methyl/N-ethyl adjacent to an activating group) is 1. The second-order valence-corrected chi connectivity index (χ2v) is 6.26. The van der Waals surface area contributed by atoms with Gasteiger partial charge in [-0.05, 0) is 6.07 Å². The molecule has 4 rings (SSSR count). The van der Waals surface area contributed by atoms with Gasteiger partial charge in [0.25, 0.3) is 0 Å². The van der Waals surface area contributed by atoms with Crippen molar-refractivity contribution in [3.63, 3.8) is 0 Å². The quantitative estimate of drug-likeness (QED) is 0.676. The predicted molar refractivity (Wildman–Crippen MR) is 91.3 cm³/mol. The molecular weight excluding hydrogens is 288 g/mol. The van der Waals surface area contributed by atoms with Crippen LogP contribution in [0.1, 0.15) is 6.92 Å². The van der Waals surface area contributed by atoms with Gasteiger partial charge in [0, 0.05) is 37.5 Å². The van der Waals surface area contributed by atoms with Crippen LogP contribution in [0, 0.1) is 0 Å². The summed E-state index contributed by atoms with van der Waals surface area (Å²) in [6, 6.07) is 4.29. The van der Waals surface area contributed by atoms with Crippen LogP contribution in [0.4, 0.5) is 5.69 Å². The molecule has 0 saturated carbocycles. The third-order valence-corrected chi connectivity index (χ3v) is 4.65. The first-order valence-corrected chi connectivity index (χ1v) is 7.87. The molecule has 0 amide bonds. The number of anilines is 1. The molecule has 1 aliphatic heterocycles. The van der Waals surface area contributed by atoms with E-state index in [0.717, 1.165) is 36.3 Å². The lowest BCUT2D eigenvalue weighted by atomic mass is 10.1. The van der Waals surface area contributed by atoms with Crippen LogP contribution in [0.2, 0.25) is 0 Å². The Hall–Kier alpha value is -2.63. The van der Waals surface area contributed by atoms with Crippen molar-refractivity contribution in [3.8, 4) is 11.1 Å². The first-order chi connectivity index (χ1) is 11.1. The topological polar surface area (TPSA) is 41.4 Å². The highest BCUT2D eigenvalue weighted by Gasteiger charge is 2.22. The van der Waals surface area contributed by atoms with Crippen LogP contribution < -0.4 is 4.90 Å². The fourth-order valence-electron chi connectivity index (χ4n) is 3.10. The highest BCUT2D eigenvalue weighted by Crippen LogP contribution is 2.25. The van der Waals surface area contributed by atoms with Crippen molar-refractivity contribution in [3.05, 3.63) is 36.9 Å². The maximum atomic E-state index is 4.56. The Kier molecular flexibility index (Phi) is 3.18. The minimum Gasteiger partial charge on any atom is -0.352 e. The van der Waals surface area contributed by atoms with E-state index in [2.05, 4.69) is 52.0 Å². The minimum absolute atomic E-state index is 0.961. The second-order valence-electron chi connectivity index (χ2n) is 6.26. The van der Waals surface area contributed by atoms with E-state index in [1.807, 2.05) is 34.8 Å². The molecule has 118 valence electrons. The summed E-state index contributed by atoms with van der Waals surface area (Å²) in [6.07, 6.45) is 7.94. The third-order valence-electron chi connectivity index (χ3n) is 4.65. The number of rotatable bonds is 2. The molecule has 0 radical (unpaired) electrons. The molecule has 0 aliphatic carbocycles. The molecule has 0 unspecified atom stereocenters. The predicted octanol–water partition coefficient (Wildman–Crippen LogP) is 1.66. The van der Waals surface area contributed by atoms with Crippen LogP contribution in [0.3, 0.4) is 0 Å². The summed E-state index contributed by atoms with van der Waals surface area (Å²) in [5.41, 5.74) is 5.98. The molecule has 0 aromatic carbocycles. The van der Waals surface area contributed by atoms with E-state index < -0.39 is 0 Å². The van der Waals surface area contributed by atoms with E-state index in [1.54, 1.807) is 0 Å². The Labute approximate surface area is 135 Å². The number of aryl methyl sites for hydroxylation is 1. The van der Waals surface area contributed by atoms with E-state index in [1.165, 1.54) is 11.4 Å². The number of hydrogen-bond donors (Lipinski definition) is 0. The van der Waals surface area contributed by atoms with E-state index in [4.69, 9.17) is 0 Å². The molecule has 0 atom stereocenters. The zero-order valence-corrected chi connectivity index (χ0v) is 13.8. The van der Waals surface area contributed by atoms with Gasteiger partial charge in [-0.3, -0.25) is 4.68 Å². The number of nitrogens with zero attached hydrogens (tertiary/aromatic N) is 6. The van der Waals surface area contributed by atoms with Gasteiger partial charge in [-0.25, -0.2) is 9.09 Å². The Morgan fingerprint density at radius 3 is 2.70 bits per heavy atom. The minimum atomic E-state index is 0.961. The van der Waals surface area contributed by atoms with E-state index in [9.17, 15) is 0 Å². The molecule has 3 aromatic rings. The van der Waals surface area contributed by atoms with Gasteiger partial charge in [-0.1, -0.05) is 6.07 Å². The Morgan fingerprint density at radius 2 is 1.96 bits per heavy atom. The maximum Gasteiger partial charge on any atom is 0.168 e. The molecule has 6 nitrogen and oxygen atoms in total. The summed E-state index contributed by atoms with van der Waals surface area (Å²) in [4.78, 5) is 2.40. The Balaban J connectivity index is 1.71. The summed E-state index contributed by atoms with van der Waals surface area (Å²) in [5.74, 6) is 0. The van der Waals surface area contributed by atoms with E-state index >= 15 is 0 Å². The third kappa shape index (κ3) is 2.40. The SMILES string of the molecule is CC1=[N+](C)CCN(c2cnn3cc(-c4cnn(C)c4)ccc23)C1. The molecule has 23 heavy (non-hydrogen) atoms. The van der Waals surface area contributed by atoms with Crippen molar-refractivity contribution in [1.29, 1.82) is 0 Å². The molecule has 6 heteroatoms. The lowest BCUT2D eigenvalue weighted by Crippen LogP contribution is -2.42. The molecule has 4 heterocycles. The normalized spacial score (nSPS) is 15.7. The van der Waals surface area contributed by atoms with E-state index in [-0.39, 0.29) is 0 Å². The average molecular weight is 309 g/mol. The zero-order valence-electron chi connectivity index (χ0n) is 13.8. The molecule has 1 aliphatic rings. The lowest BCUT2D eigenvalue weighted by Gasteiger charge is -2.25. The monoisotopic (exact) mass is 309 g/mol. The maximum absolute atomic E-state index is 4.56. The number of aromatic nitrogens is 4. The summed E-state index contributed by atoms with van der Waals surface area (Å²) in [6.45, 7) is 5.23. The molecule has 0 saturated heterocycles. The average Bonchev–Trinajstić information content (AvgIpc) is 3.15. The van der Waals surface area contributed by atoms with Crippen molar-refractivity contribution in [1.82, 2.24) is 19.4 Å². The number of pyridine rings is 1. The van der Waals surface area contributed by atoms with Gasteiger partial charge in [0.15, 0.2) is 12.3 Å². The largest absolute Gasteiger partial charge is 0.352 e. The zero-order chi connectivity index (χ0) is 16.0. The fourth-order valence-corrected chi connectivity index (χ4v) is 3.10. The van der Waals surface area contributed by atoms with Gasteiger partial charge < -0.3 is 4.90 Å². The number of hydrogen-bond acceptors (Lipinski definition) is 3. The van der Waals surface area contributed by atoms with Gasteiger partial charge in [0.1, 0.15) is 7.05 Å². The van der Waals surface area contributed by atoms with Gasteiger partial charge >= 0.3 is 0 Å². The summed E-state index contributed by atoms with van der Waals surface area (Å²) < 4.78 is 6.10. The van der Waals surface area contributed by atoms with Crippen LogP contribution in [0.15, 0.2) is 36.9 Å². The standard InChI is InChI=1S/C17H21N6/c1-13-10-22(7-6-20(13)2)17-9-19-23-12-14(4-5-16(17)23)15-8-18-21(3)11-15/h4-5,8-9,11-12H,6-7,10H2,1-3H3/q+1. The van der Waals surface area contributed by atoms with Crippen LogP contribution in [0.5, 0.6) is 0 Å². The van der Waals surface area contributed by atoms with Crippen LogP contribution in [-0.2, 0) is 7.05 Å². The second kappa shape index (κ2) is 5.22. The summed E-state index contributed by atoms with van der Waals surface area (Å²) in [5, 5.41) is 8.79. The van der Waals surface area contributed by atoms with Crippen LogP contribution >= 0.6 is 0 Å². The Morgan fingerprint density at radius 1 is 1.09 bits per heavy atom. The van der Waals surface area contributed by atoms with Crippen LogP contribution in [0.25, 0.3) is 16.6 Å². The lowest BCUT2D eigenvalue weighted by molar-refractivity contribution is -0.498. The molecule has 3 aromatic heterocycles. The number of fused-ring (bicyclic) bond motifs is 1. The molecule has 0 N–H and O–H groups in total. The van der Waals surface area contributed by atoms with Crippen molar-refractivity contribution < 1.29 is 4.58 Å². The smallest absolute Gasteiger partial charge is 0.168 e. The van der Waals surface area contributed by atoms with Crippen molar-refractivity contribution in [2.75, 3.05) is 31.6 Å². The highest BCUT2D eigenvalue weighted by atomic mass is 15.3. The summed E-state index contributed by atoms with van der Waals surface area (Å²) in [7, 11) is 4.09. The van der Waals surface area contributed by atoms with Gasteiger partial charge in [-0.15, -0.1) is 0 Å². The van der Waals surface area contributed by atoms with Crippen molar-refractivity contribution >= 4 is 16.9 Å². The van der Waals surface area contributed by atoms with Gasteiger partial charge in [0.05, 0.1) is 36.7 Å². The van der Waals surface area contributed by atoms with E-state index in [0.29, 0.717) is 0 Å². The van der Waals surface area contributed by atoms with Gasteiger partial charge in [-0.2, -0.15) is 10.2 Å². The first kappa shape index (κ1) is 14.0. The van der Waals surface area contributed by atoms with Gasteiger partial charge in [0.2, 0.25) is 0 Å². The summed E-state index contributed by atoms with van der Waals surface area (Å²) >= 11 is 0. The highest BCUT2D eigenvalue weighted by molar-refractivity contribution is 5.85. The Bertz CT molecular complexity index is 901. The van der Waals surface area contributed by atoms with Crippen molar-refractivity contribution in [2.24, 2.45) is 7.05 Å².